The molecular formula is C15H18BrF2NO2. The molecule has 0 saturated carbocycles. The highest BCUT2D eigenvalue weighted by Crippen LogP contribution is 2.20. The number of alkyl carbamates (subject to hydrolysis) is 1. The number of hydrogen-bond acceptors (Lipinski definition) is 2. The van der Waals surface area contributed by atoms with Gasteiger partial charge in [0.1, 0.15) is 17.2 Å². The van der Waals surface area contributed by atoms with E-state index in [2.05, 4.69) is 21.2 Å². The molecule has 0 atom stereocenters. The van der Waals surface area contributed by atoms with Gasteiger partial charge in [0.15, 0.2) is 0 Å². The van der Waals surface area contributed by atoms with Crippen LogP contribution >= 0.6 is 15.9 Å². The first-order valence-corrected chi connectivity index (χ1v) is 7.26. The highest BCUT2D eigenvalue weighted by atomic mass is 79.9. The predicted octanol–water partition coefficient (Wildman–Crippen LogP) is 4.66. The van der Waals surface area contributed by atoms with Crippen molar-refractivity contribution >= 4 is 28.1 Å². The van der Waals surface area contributed by atoms with Gasteiger partial charge in [-0.15, -0.1) is 0 Å². The molecule has 0 unspecified atom stereocenters. The van der Waals surface area contributed by atoms with E-state index in [4.69, 9.17) is 4.74 Å². The van der Waals surface area contributed by atoms with Crippen LogP contribution in [0.25, 0.3) is 6.08 Å². The smallest absolute Gasteiger partial charge is 0.407 e. The maximum absolute atomic E-state index is 13.5. The molecule has 0 radical (unpaired) electrons. The van der Waals surface area contributed by atoms with Gasteiger partial charge in [-0.1, -0.05) is 28.1 Å². The Morgan fingerprint density at radius 3 is 2.43 bits per heavy atom. The van der Waals surface area contributed by atoms with Gasteiger partial charge >= 0.3 is 6.09 Å². The number of carbonyl (C=O) groups excluding carboxylic acids is 1. The van der Waals surface area contributed by atoms with Crippen LogP contribution in [0.3, 0.4) is 0 Å². The van der Waals surface area contributed by atoms with E-state index in [-0.39, 0.29) is 5.56 Å². The SMILES string of the molecule is CC(C)(C)OC(=O)NCCC=Cc1c(F)cc(Br)cc1F. The first-order valence-electron chi connectivity index (χ1n) is 6.47. The van der Waals surface area contributed by atoms with Gasteiger partial charge in [-0.2, -0.15) is 0 Å². The molecule has 1 aromatic rings. The average Bonchev–Trinajstić information content (AvgIpc) is 2.29. The van der Waals surface area contributed by atoms with Crippen molar-refractivity contribution in [2.24, 2.45) is 0 Å². The molecule has 3 nitrogen and oxygen atoms in total. The molecule has 6 heteroatoms. The highest BCUT2D eigenvalue weighted by Gasteiger charge is 2.15. The maximum Gasteiger partial charge on any atom is 0.407 e. The summed E-state index contributed by atoms with van der Waals surface area (Å²) >= 11 is 3.01. The van der Waals surface area contributed by atoms with Gasteiger partial charge in [0.05, 0.1) is 0 Å². The van der Waals surface area contributed by atoms with Gasteiger partial charge in [-0.05, 0) is 39.3 Å². The Morgan fingerprint density at radius 2 is 1.90 bits per heavy atom. The Hall–Kier alpha value is -1.43. The van der Waals surface area contributed by atoms with Gasteiger partial charge in [-0.3, -0.25) is 0 Å². The van der Waals surface area contributed by atoms with Crippen molar-refractivity contribution in [2.45, 2.75) is 32.8 Å². The molecule has 21 heavy (non-hydrogen) atoms. The molecule has 0 fully saturated rings. The number of nitrogens with one attached hydrogen (secondary N) is 1. The van der Waals surface area contributed by atoms with Crippen molar-refractivity contribution in [3.05, 3.63) is 39.9 Å². The van der Waals surface area contributed by atoms with Gasteiger partial charge in [0, 0.05) is 16.6 Å². The molecule has 0 heterocycles. The normalized spacial score (nSPS) is 11.7. The van der Waals surface area contributed by atoms with E-state index in [1.165, 1.54) is 18.2 Å². The second-order valence-corrected chi connectivity index (χ2v) is 6.32. The van der Waals surface area contributed by atoms with E-state index in [1.54, 1.807) is 26.8 Å². The molecule has 1 aromatic carbocycles. The summed E-state index contributed by atoms with van der Waals surface area (Å²) in [6.45, 7) is 5.63. The molecule has 1 N–H and O–H groups in total. The first kappa shape index (κ1) is 17.6. The lowest BCUT2D eigenvalue weighted by Gasteiger charge is -2.19. The number of carbonyl (C=O) groups is 1. The third-order valence-electron chi connectivity index (χ3n) is 2.31. The molecule has 0 spiro atoms. The number of amides is 1. The van der Waals surface area contributed by atoms with E-state index in [0.717, 1.165) is 0 Å². The van der Waals surface area contributed by atoms with Crippen LogP contribution in [-0.2, 0) is 4.74 Å². The zero-order valence-corrected chi connectivity index (χ0v) is 13.8. The van der Waals surface area contributed by atoms with E-state index >= 15 is 0 Å². The third-order valence-corrected chi connectivity index (χ3v) is 2.77. The van der Waals surface area contributed by atoms with Crippen molar-refractivity contribution < 1.29 is 18.3 Å². The number of rotatable bonds is 4. The molecule has 0 aliphatic heterocycles. The van der Waals surface area contributed by atoms with Crippen LogP contribution < -0.4 is 5.32 Å². The van der Waals surface area contributed by atoms with Crippen LogP contribution in [0.4, 0.5) is 13.6 Å². The fourth-order valence-corrected chi connectivity index (χ4v) is 1.89. The van der Waals surface area contributed by atoms with Gasteiger partial charge in [-0.25, -0.2) is 13.6 Å². The third kappa shape index (κ3) is 6.71. The average molecular weight is 362 g/mol. The van der Waals surface area contributed by atoms with E-state index in [9.17, 15) is 13.6 Å². The van der Waals surface area contributed by atoms with Crippen molar-refractivity contribution in [1.29, 1.82) is 0 Å². The van der Waals surface area contributed by atoms with E-state index in [0.29, 0.717) is 17.4 Å². The predicted molar refractivity (Wildman–Crippen MR) is 81.9 cm³/mol. The van der Waals surface area contributed by atoms with Crippen molar-refractivity contribution in [1.82, 2.24) is 5.32 Å². The van der Waals surface area contributed by atoms with Crippen LogP contribution in [-0.4, -0.2) is 18.2 Å². The highest BCUT2D eigenvalue weighted by molar-refractivity contribution is 9.10. The zero-order valence-electron chi connectivity index (χ0n) is 12.2. The summed E-state index contributed by atoms with van der Waals surface area (Å²) in [6.07, 6.45) is 2.87. The van der Waals surface area contributed by atoms with E-state index in [1.807, 2.05) is 0 Å². The summed E-state index contributed by atoms with van der Waals surface area (Å²) in [5.74, 6) is -1.28. The Labute approximate surface area is 131 Å². The van der Waals surface area contributed by atoms with Crippen LogP contribution in [0, 0.1) is 11.6 Å². The quantitative estimate of drug-likeness (QED) is 0.792. The monoisotopic (exact) mass is 361 g/mol. The lowest BCUT2D eigenvalue weighted by Crippen LogP contribution is -2.32. The Balaban J connectivity index is 2.45. The topological polar surface area (TPSA) is 38.3 Å². The van der Waals surface area contributed by atoms with Crippen LogP contribution in [0.15, 0.2) is 22.7 Å². The van der Waals surface area contributed by atoms with Gasteiger partial charge in [0.25, 0.3) is 0 Å². The van der Waals surface area contributed by atoms with Crippen LogP contribution in [0.5, 0.6) is 0 Å². The second kappa shape index (κ2) is 7.54. The molecule has 0 aliphatic carbocycles. The minimum absolute atomic E-state index is 0.101. The van der Waals surface area contributed by atoms with Crippen molar-refractivity contribution in [3.63, 3.8) is 0 Å². The molecule has 0 bridgehead atoms. The number of benzene rings is 1. The van der Waals surface area contributed by atoms with E-state index < -0.39 is 23.3 Å². The zero-order chi connectivity index (χ0) is 16.0. The fourth-order valence-electron chi connectivity index (χ4n) is 1.49. The molecule has 1 amide bonds. The molecule has 0 aromatic heterocycles. The van der Waals surface area contributed by atoms with Crippen molar-refractivity contribution in [2.75, 3.05) is 6.54 Å². The molecular weight excluding hydrogens is 344 g/mol. The molecule has 0 saturated heterocycles. The lowest BCUT2D eigenvalue weighted by atomic mass is 10.1. The Morgan fingerprint density at radius 1 is 1.33 bits per heavy atom. The van der Waals surface area contributed by atoms with Gasteiger partial charge in [0.2, 0.25) is 0 Å². The minimum atomic E-state index is -0.641. The lowest BCUT2D eigenvalue weighted by molar-refractivity contribution is 0.0529. The summed E-state index contributed by atoms with van der Waals surface area (Å²) in [4.78, 5) is 11.4. The van der Waals surface area contributed by atoms with Crippen LogP contribution in [0.2, 0.25) is 0 Å². The maximum atomic E-state index is 13.5. The number of hydrogen-bond donors (Lipinski definition) is 1. The largest absolute Gasteiger partial charge is 0.444 e. The fraction of sp³-hybridized carbons (Fsp3) is 0.400. The summed E-state index contributed by atoms with van der Waals surface area (Å²) < 4.78 is 32.4. The summed E-state index contributed by atoms with van der Waals surface area (Å²) in [5.41, 5.74) is -0.653. The first-order chi connectivity index (χ1) is 9.69. The summed E-state index contributed by atoms with van der Waals surface area (Å²) in [6, 6.07) is 2.39. The van der Waals surface area contributed by atoms with Crippen molar-refractivity contribution in [3.8, 4) is 0 Å². The Kier molecular flexibility index (Phi) is 6.33. The van der Waals surface area contributed by atoms with Crippen LogP contribution in [0.1, 0.15) is 32.8 Å². The summed E-state index contributed by atoms with van der Waals surface area (Å²) in [5, 5.41) is 2.56. The molecule has 116 valence electrons. The summed E-state index contributed by atoms with van der Waals surface area (Å²) in [7, 11) is 0. The molecule has 0 aliphatic rings. The second-order valence-electron chi connectivity index (χ2n) is 5.40. The standard InChI is InChI=1S/C15H18BrF2NO2/c1-15(2,3)21-14(20)19-7-5-4-6-11-12(17)8-10(16)9-13(11)18/h4,6,8-9H,5,7H2,1-3H3,(H,19,20). The Bertz CT molecular complexity index is 516. The minimum Gasteiger partial charge on any atom is -0.444 e. The molecule has 1 rings (SSSR count). The van der Waals surface area contributed by atoms with Gasteiger partial charge < -0.3 is 10.1 Å². The number of ether oxygens (including phenoxy) is 1. The number of halogens is 3.